The van der Waals surface area contributed by atoms with Gasteiger partial charge in [0.15, 0.2) is 11.5 Å². The van der Waals surface area contributed by atoms with Gasteiger partial charge in [0.1, 0.15) is 6.61 Å². The number of hydrogen-bond donors (Lipinski definition) is 0. The van der Waals surface area contributed by atoms with E-state index in [1.807, 2.05) is 37.3 Å². The number of carbonyl (C=O) groups is 2. The molecule has 0 atom stereocenters. The average Bonchev–Trinajstić information content (AvgIpc) is 2.94. The summed E-state index contributed by atoms with van der Waals surface area (Å²) >= 11 is 7.36. The normalized spacial score (nSPS) is 15.4. The Morgan fingerprint density at radius 2 is 1.86 bits per heavy atom. The van der Waals surface area contributed by atoms with Gasteiger partial charge < -0.3 is 9.47 Å². The molecule has 1 saturated heterocycles. The molecule has 1 fully saturated rings. The van der Waals surface area contributed by atoms with E-state index in [0.29, 0.717) is 46.7 Å². The number of nitrogens with zero attached hydrogens (tertiary/aromatic N) is 1. The Hall–Kier alpha value is -2.44. The molecule has 0 aliphatic carbocycles. The third-order valence-corrected chi connectivity index (χ3v) is 5.23. The fraction of sp³-hybridized carbons (Fsp3) is 0.238. The van der Waals surface area contributed by atoms with Crippen molar-refractivity contribution < 1.29 is 19.1 Å². The summed E-state index contributed by atoms with van der Waals surface area (Å²) in [6, 6.07) is 13.2. The first kappa shape index (κ1) is 20.3. The van der Waals surface area contributed by atoms with Crippen molar-refractivity contribution in [1.82, 2.24) is 4.90 Å². The van der Waals surface area contributed by atoms with Crippen LogP contribution in [0.15, 0.2) is 47.4 Å². The molecule has 146 valence electrons. The van der Waals surface area contributed by atoms with Crippen molar-refractivity contribution in [3.8, 4) is 11.5 Å². The largest absolute Gasteiger partial charge is 0.490 e. The van der Waals surface area contributed by atoms with Crippen LogP contribution < -0.4 is 9.47 Å². The minimum absolute atomic E-state index is 0.266. The number of halogens is 1. The van der Waals surface area contributed by atoms with Crippen molar-refractivity contribution in [3.05, 3.63) is 63.5 Å². The molecule has 2 aromatic carbocycles. The number of carbonyl (C=O) groups excluding carboxylic acids is 2. The Balaban J connectivity index is 1.87. The number of likely N-dealkylation sites (N-methyl/N-ethyl adjacent to an activating group) is 1. The van der Waals surface area contributed by atoms with Crippen molar-refractivity contribution in [1.29, 1.82) is 0 Å². The van der Waals surface area contributed by atoms with Gasteiger partial charge in [-0.3, -0.25) is 14.5 Å². The molecule has 3 rings (SSSR count). The van der Waals surface area contributed by atoms with E-state index in [4.69, 9.17) is 21.1 Å². The minimum atomic E-state index is -0.295. The molecular formula is C21H20ClNO4S. The molecule has 5 nitrogen and oxygen atoms in total. The van der Waals surface area contributed by atoms with Gasteiger partial charge in [0.25, 0.3) is 11.1 Å². The van der Waals surface area contributed by atoms with E-state index in [9.17, 15) is 9.59 Å². The lowest BCUT2D eigenvalue weighted by Crippen LogP contribution is -2.27. The van der Waals surface area contributed by atoms with E-state index in [-0.39, 0.29) is 11.1 Å². The molecule has 1 aliphatic rings. The molecule has 0 radical (unpaired) electrons. The zero-order chi connectivity index (χ0) is 20.1. The van der Waals surface area contributed by atoms with E-state index >= 15 is 0 Å². The summed E-state index contributed by atoms with van der Waals surface area (Å²) in [6.45, 7) is 4.78. The SMILES string of the molecule is CCOc1cc(/C=C2/SC(=O)N(CC)C2=O)cc(Cl)c1OCc1ccccc1. The lowest BCUT2D eigenvalue weighted by atomic mass is 10.1. The first-order valence-electron chi connectivity index (χ1n) is 8.92. The maximum atomic E-state index is 12.3. The highest BCUT2D eigenvalue weighted by Gasteiger charge is 2.33. The Bertz CT molecular complexity index is 914. The second-order valence-corrected chi connectivity index (χ2v) is 7.36. The van der Waals surface area contributed by atoms with Gasteiger partial charge in [-0.15, -0.1) is 0 Å². The first-order chi connectivity index (χ1) is 13.5. The van der Waals surface area contributed by atoms with Crippen LogP contribution in [-0.2, 0) is 11.4 Å². The maximum absolute atomic E-state index is 12.3. The van der Waals surface area contributed by atoms with Crippen LogP contribution in [0.1, 0.15) is 25.0 Å². The van der Waals surface area contributed by atoms with Gasteiger partial charge in [0, 0.05) is 6.54 Å². The first-order valence-corrected chi connectivity index (χ1v) is 10.1. The van der Waals surface area contributed by atoms with Crippen molar-refractivity contribution in [2.24, 2.45) is 0 Å². The smallest absolute Gasteiger partial charge is 0.293 e. The zero-order valence-corrected chi connectivity index (χ0v) is 17.2. The third-order valence-electron chi connectivity index (χ3n) is 4.05. The highest BCUT2D eigenvalue weighted by atomic mass is 35.5. The molecule has 1 heterocycles. The van der Waals surface area contributed by atoms with Gasteiger partial charge in [-0.25, -0.2) is 0 Å². The van der Waals surface area contributed by atoms with Gasteiger partial charge in [-0.05, 0) is 54.9 Å². The van der Waals surface area contributed by atoms with Gasteiger partial charge >= 0.3 is 0 Å². The summed E-state index contributed by atoms with van der Waals surface area (Å²) in [4.78, 5) is 25.8. The van der Waals surface area contributed by atoms with Crippen LogP contribution in [-0.4, -0.2) is 29.2 Å². The molecule has 0 saturated carbocycles. The highest BCUT2D eigenvalue weighted by Crippen LogP contribution is 2.39. The number of rotatable bonds is 7. The Morgan fingerprint density at radius 1 is 1.11 bits per heavy atom. The fourth-order valence-corrected chi connectivity index (χ4v) is 3.90. The number of amides is 2. The van der Waals surface area contributed by atoms with Crippen LogP contribution in [0.4, 0.5) is 4.79 Å². The van der Waals surface area contributed by atoms with Gasteiger partial charge in [-0.2, -0.15) is 0 Å². The van der Waals surface area contributed by atoms with Crippen LogP contribution in [0.25, 0.3) is 6.08 Å². The number of benzene rings is 2. The monoisotopic (exact) mass is 417 g/mol. The molecule has 0 aromatic heterocycles. The van der Waals surface area contributed by atoms with Crippen LogP contribution in [0.2, 0.25) is 5.02 Å². The molecule has 7 heteroatoms. The predicted molar refractivity (Wildman–Crippen MR) is 112 cm³/mol. The summed E-state index contributed by atoms with van der Waals surface area (Å²) in [6.07, 6.45) is 1.65. The molecule has 0 N–H and O–H groups in total. The summed E-state index contributed by atoms with van der Waals surface area (Å²) in [5.41, 5.74) is 1.68. The number of thioether (sulfide) groups is 1. The van der Waals surface area contributed by atoms with Gasteiger partial charge in [0.05, 0.1) is 16.5 Å². The number of hydrogen-bond acceptors (Lipinski definition) is 5. The van der Waals surface area contributed by atoms with Gasteiger partial charge in [-0.1, -0.05) is 41.9 Å². The number of ether oxygens (including phenoxy) is 2. The summed E-state index contributed by atoms with van der Waals surface area (Å²) < 4.78 is 11.6. The third kappa shape index (κ3) is 4.51. The van der Waals surface area contributed by atoms with E-state index in [1.165, 1.54) is 4.90 Å². The molecule has 28 heavy (non-hydrogen) atoms. The van der Waals surface area contributed by atoms with Crippen molar-refractivity contribution in [2.45, 2.75) is 20.5 Å². The highest BCUT2D eigenvalue weighted by molar-refractivity contribution is 8.18. The number of imide groups is 1. The second kappa shape index (κ2) is 9.17. The molecule has 2 aromatic rings. The molecule has 1 aliphatic heterocycles. The lowest BCUT2D eigenvalue weighted by Gasteiger charge is -2.14. The summed E-state index contributed by atoms with van der Waals surface area (Å²) in [5.74, 6) is 0.647. The quantitative estimate of drug-likeness (QED) is 0.566. The van der Waals surface area contributed by atoms with Crippen LogP contribution in [0.3, 0.4) is 0 Å². The standard InChI is InChI=1S/C21H20ClNO4S/c1-3-23-20(24)18(28-21(23)25)12-15-10-16(22)19(17(11-15)26-4-2)27-13-14-8-6-5-7-9-14/h5-12H,3-4,13H2,1-2H3/b18-12+. The predicted octanol–water partition coefficient (Wildman–Crippen LogP) is 5.37. The summed E-state index contributed by atoms with van der Waals surface area (Å²) in [5, 5.41) is 0.112. The van der Waals surface area contributed by atoms with Crippen molar-refractivity contribution in [2.75, 3.05) is 13.2 Å². The van der Waals surface area contributed by atoms with Crippen LogP contribution in [0.5, 0.6) is 11.5 Å². The Kier molecular flexibility index (Phi) is 6.65. The Labute approximate surface area is 173 Å². The minimum Gasteiger partial charge on any atom is -0.490 e. The van der Waals surface area contributed by atoms with E-state index in [2.05, 4.69) is 0 Å². The van der Waals surface area contributed by atoms with Crippen molar-refractivity contribution in [3.63, 3.8) is 0 Å². The van der Waals surface area contributed by atoms with E-state index in [0.717, 1.165) is 17.3 Å². The van der Waals surface area contributed by atoms with Crippen molar-refractivity contribution >= 4 is 40.6 Å². The molecule has 2 amide bonds. The lowest BCUT2D eigenvalue weighted by molar-refractivity contribution is -0.122. The van der Waals surface area contributed by atoms with Gasteiger partial charge in [0.2, 0.25) is 0 Å². The molecular weight excluding hydrogens is 398 g/mol. The average molecular weight is 418 g/mol. The molecule has 0 spiro atoms. The van der Waals surface area contributed by atoms with E-state index in [1.54, 1.807) is 25.1 Å². The zero-order valence-electron chi connectivity index (χ0n) is 15.6. The van der Waals surface area contributed by atoms with E-state index < -0.39 is 0 Å². The fourth-order valence-electron chi connectivity index (χ4n) is 2.73. The topological polar surface area (TPSA) is 55.8 Å². The Morgan fingerprint density at radius 3 is 2.50 bits per heavy atom. The second-order valence-electron chi connectivity index (χ2n) is 5.96. The van der Waals surface area contributed by atoms with Crippen LogP contribution >= 0.6 is 23.4 Å². The molecule has 0 unspecified atom stereocenters. The molecule has 0 bridgehead atoms. The van der Waals surface area contributed by atoms with Crippen LogP contribution in [0, 0.1) is 0 Å². The summed E-state index contributed by atoms with van der Waals surface area (Å²) in [7, 11) is 0. The maximum Gasteiger partial charge on any atom is 0.293 e.